The molecule has 0 spiro atoms. The van der Waals surface area contributed by atoms with Gasteiger partial charge in [0.15, 0.2) is 0 Å². The molecular weight excluding hydrogens is 264 g/mol. The third-order valence-corrected chi connectivity index (χ3v) is 5.49. The molecule has 1 aromatic rings. The van der Waals surface area contributed by atoms with Crippen LogP contribution in [-0.4, -0.2) is 45.1 Å². The number of hydrogen-bond acceptors (Lipinski definition) is 4. The first-order valence-corrected chi connectivity index (χ1v) is 8.00. The van der Waals surface area contributed by atoms with E-state index in [1.807, 2.05) is 13.0 Å². The van der Waals surface area contributed by atoms with Gasteiger partial charge in [-0.1, -0.05) is 0 Å². The van der Waals surface area contributed by atoms with Crippen molar-refractivity contribution in [2.24, 2.45) is 0 Å². The van der Waals surface area contributed by atoms with E-state index in [0.29, 0.717) is 24.6 Å². The Kier molecular flexibility index (Phi) is 3.24. The summed E-state index contributed by atoms with van der Waals surface area (Å²) in [5, 5.41) is 3.24. The molecule has 1 atom stereocenters. The number of ether oxygens (including phenoxy) is 1. The molecule has 0 aromatic heterocycles. The number of benzene rings is 1. The fraction of sp³-hybridized carbons (Fsp3) is 0.538. The topological polar surface area (TPSA) is 58.6 Å². The highest BCUT2D eigenvalue weighted by Crippen LogP contribution is 2.27. The second-order valence-electron chi connectivity index (χ2n) is 5.04. The number of hydrogen-bond donors (Lipinski definition) is 1. The summed E-state index contributed by atoms with van der Waals surface area (Å²) in [5.41, 5.74) is 2.14. The average molecular weight is 282 g/mol. The Balaban J connectivity index is 1.91. The summed E-state index contributed by atoms with van der Waals surface area (Å²) in [5.74, 6) is 0. The van der Waals surface area contributed by atoms with Crippen LogP contribution >= 0.6 is 0 Å². The molecule has 1 unspecified atom stereocenters. The van der Waals surface area contributed by atoms with Crippen LogP contribution in [0.4, 0.5) is 5.69 Å². The highest BCUT2D eigenvalue weighted by atomic mass is 32.2. The predicted molar refractivity (Wildman–Crippen MR) is 72.8 cm³/mol. The fourth-order valence-corrected chi connectivity index (χ4v) is 4.15. The molecule has 1 fully saturated rings. The molecule has 2 aliphatic heterocycles. The van der Waals surface area contributed by atoms with Gasteiger partial charge in [-0.05, 0) is 37.1 Å². The molecule has 0 radical (unpaired) electrons. The number of nitrogens with one attached hydrogen (secondary N) is 1. The molecule has 1 saturated heterocycles. The van der Waals surface area contributed by atoms with Gasteiger partial charge in [-0.2, -0.15) is 4.31 Å². The average Bonchev–Trinajstić information content (AvgIpc) is 2.85. The minimum absolute atomic E-state index is 0.0420. The number of sulfonamides is 1. The van der Waals surface area contributed by atoms with Crippen molar-refractivity contribution in [3.63, 3.8) is 0 Å². The Labute approximate surface area is 113 Å². The first-order valence-electron chi connectivity index (χ1n) is 6.56. The molecule has 19 heavy (non-hydrogen) atoms. The lowest BCUT2D eigenvalue weighted by Crippen LogP contribution is -2.44. The van der Waals surface area contributed by atoms with Gasteiger partial charge in [-0.25, -0.2) is 8.42 Å². The van der Waals surface area contributed by atoms with Gasteiger partial charge in [0.2, 0.25) is 10.0 Å². The van der Waals surface area contributed by atoms with Crippen LogP contribution in [0.3, 0.4) is 0 Å². The van der Waals surface area contributed by atoms with Gasteiger partial charge in [-0.15, -0.1) is 0 Å². The van der Waals surface area contributed by atoms with E-state index >= 15 is 0 Å². The van der Waals surface area contributed by atoms with E-state index in [0.717, 1.165) is 24.2 Å². The largest absolute Gasteiger partial charge is 0.384 e. The minimum atomic E-state index is -3.39. The van der Waals surface area contributed by atoms with Crippen LogP contribution in [0, 0.1) is 0 Å². The second-order valence-corrected chi connectivity index (χ2v) is 6.98. The van der Waals surface area contributed by atoms with Gasteiger partial charge in [0.05, 0.1) is 17.6 Å². The van der Waals surface area contributed by atoms with Crippen molar-refractivity contribution in [1.29, 1.82) is 0 Å². The summed E-state index contributed by atoms with van der Waals surface area (Å²) in [6.07, 6.45) is 0.845. The van der Waals surface area contributed by atoms with Gasteiger partial charge < -0.3 is 10.1 Å². The maximum Gasteiger partial charge on any atom is 0.243 e. The molecule has 0 amide bonds. The second kappa shape index (κ2) is 4.77. The Bertz CT molecular complexity index is 586. The molecule has 6 heteroatoms. The zero-order chi connectivity index (χ0) is 13.5. The first-order chi connectivity index (χ1) is 9.07. The van der Waals surface area contributed by atoms with Crippen molar-refractivity contribution < 1.29 is 13.2 Å². The fourth-order valence-electron chi connectivity index (χ4n) is 2.60. The standard InChI is InChI=1S/C13H18N2O3S/c1-10-9-15(6-7-18-10)19(16,17)12-2-3-13-11(8-12)4-5-14-13/h2-3,8,10,14H,4-7,9H2,1H3. The lowest BCUT2D eigenvalue weighted by atomic mass is 10.2. The van der Waals surface area contributed by atoms with Crippen molar-refractivity contribution in [1.82, 2.24) is 4.31 Å². The van der Waals surface area contributed by atoms with E-state index in [4.69, 9.17) is 4.74 Å². The number of rotatable bonds is 2. The van der Waals surface area contributed by atoms with Crippen LogP contribution in [0.1, 0.15) is 12.5 Å². The minimum Gasteiger partial charge on any atom is -0.384 e. The zero-order valence-corrected chi connectivity index (χ0v) is 11.7. The smallest absolute Gasteiger partial charge is 0.243 e. The summed E-state index contributed by atoms with van der Waals surface area (Å²) in [6.45, 7) is 4.11. The van der Waals surface area contributed by atoms with Crippen LogP contribution in [0.2, 0.25) is 0 Å². The molecular formula is C13H18N2O3S. The van der Waals surface area contributed by atoms with E-state index in [2.05, 4.69) is 5.32 Å². The van der Waals surface area contributed by atoms with Crippen LogP contribution in [0.5, 0.6) is 0 Å². The molecule has 0 aliphatic carbocycles. The lowest BCUT2D eigenvalue weighted by Gasteiger charge is -2.30. The molecule has 3 rings (SSSR count). The first kappa shape index (κ1) is 12.9. The van der Waals surface area contributed by atoms with Crippen molar-refractivity contribution >= 4 is 15.7 Å². The maximum atomic E-state index is 12.6. The third-order valence-electron chi connectivity index (χ3n) is 3.63. The van der Waals surface area contributed by atoms with Gasteiger partial charge in [0.1, 0.15) is 0 Å². The van der Waals surface area contributed by atoms with Crippen molar-refractivity contribution in [2.75, 3.05) is 31.6 Å². The van der Waals surface area contributed by atoms with Crippen LogP contribution < -0.4 is 5.32 Å². The van der Waals surface area contributed by atoms with Gasteiger partial charge in [0, 0.05) is 25.3 Å². The lowest BCUT2D eigenvalue weighted by molar-refractivity contribution is 0.0102. The summed E-state index contributed by atoms with van der Waals surface area (Å²) >= 11 is 0. The molecule has 104 valence electrons. The molecule has 0 saturated carbocycles. The number of fused-ring (bicyclic) bond motifs is 1. The van der Waals surface area contributed by atoms with Gasteiger partial charge in [-0.3, -0.25) is 0 Å². The molecule has 0 bridgehead atoms. The third kappa shape index (κ3) is 2.35. The van der Waals surface area contributed by atoms with Gasteiger partial charge in [0.25, 0.3) is 0 Å². The van der Waals surface area contributed by atoms with Gasteiger partial charge >= 0.3 is 0 Å². The van der Waals surface area contributed by atoms with Crippen molar-refractivity contribution in [2.45, 2.75) is 24.3 Å². The molecule has 2 aliphatic rings. The number of anilines is 1. The summed E-state index contributed by atoms with van der Waals surface area (Å²) < 4.78 is 32.1. The number of morpholine rings is 1. The summed E-state index contributed by atoms with van der Waals surface area (Å²) in [7, 11) is -3.39. The monoisotopic (exact) mass is 282 g/mol. The Morgan fingerprint density at radius 3 is 3.05 bits per heavy atom. The SMILES string of the molecule is CC1CN(S(=O)(=O)c2ccc3c(c2)CCN3)CCO1. The van der Waals surface area contributed by atoms with E-state index in [-0.39, 0.29) is 6.10 Å². The van der Waals surface area contributed by atoms with Crippen LogP contribution in [0.25, 0.3) is 0 Å². The van der Waals surface area contributed by atoms with Crippen molar-refractivity contribution in [3.8, 4) is 0 Å². The Morgan fingerprint density at radius 2 is 2.26 bits per heavy atom. The Morgan fingerprint density at radius 1 is 1.42 bits per heavy atom. The Hall–Kier alpha value is -1.11. The molecule has 1 aromatic carbocycles. The quantitative estimate of drug-likeness (QED) is 0.881. The predicted octanol–water partition coefficient (Wildman–Crippen LogP) is 1.06. The highest BCUT2D eigenvalue weighted by molar-refractivity contribution is 7.89. The highest BCUT2D eigenvalue weighted by Gasteiger charge is 2.29. The normalized spacial score (nSPS) is 23.9. The van der Waals surface area contributed by atoms with Crippen LogP contribution in [0.15, 0.2) is 23.1 Å². The maximum absolute atomic E-state index is 12.6. The van der Waals surface area contributed by atoms with E-state index in [1.54, 1.807) is 12.1 Å². The zero-order valence-electron chi connectivity index (χ0n) is 10.9. The summed E-state index contributed by atoms with van der Waals surface area (Å²) in [6, 6.07) is 5.34. The number of nitrogens with zero attached hydrogens (tertiary/aromatic N) is 1. The van der Waals surface area contributed by atoms with Crippen LogP contribution in [-0.2, 0) is 21.2 Å². The van der Waals surface area contributed by atoms with E-state index in [9.17, 15) is 8.42 Å². The molecule has 2 heterocycles. The van der Waals surface area contributed by atoms with E-state index in [1.165, 1.54) is 4.31 Å². The van der Waals surface area contributed by atoms with Crippen molar-refractivity contribution in [3.05, 3.63) is 23.8 Å². The van der Waals surface area contributed by atoms with E-state index < -0.39 is 10.0 Å². The molecule has 5 nitrogen and oxygen atoms in total. The molecule has 1 N–H and O–H groups in total. The summed E-state index contributed by atoms with van der Waals surface area (Å²) in [4.78, 5) is 0.393.